The zero-order valence-electron chi connectivity index (χ0n) is 10.8. The molecule has 0 aliphatic carbocycles. The van der Waals surface area contributed by atoms with Gasteiger partial charge in [-0.05, 0) is 17.8 Å². The van der Waals surface area contributed by atoms with Gasteiger partial charge in [-0.15, -0.1) is 10.2 Å². The molecule has 0 aromatic carbocycles. The molecule has 20 heavy (non-hydrogen) atoms. The average Bonchev–Trinajstić information content (AvgIpc) is 3.11. The van der Waals surface area contributed by atoms with Crippen LogP contribution in [0.3, 0.4) is 0 Å². The van der Waals surface area contributed by atoms with Gasteiger partial charge >= 0.3 is 0 Å². The summed E-state index contributed by atoms with van der Waals surface area (Å²) in [6.07, 6.45) is 5.06. The summed E-state index contributed by atoms with van der Waals surface area (Å²) in [7, 11) is 3.61. The summed E-state index contributed by atoms with van der Waals surface area (Å²) in [5.41, 5.74) is 0. The molecular weight excluding hydrogens is 278 g/mol. The summed E-state index contributed by atoms with van der Waals surface area (Å²) < 4.78 is 3.37. The topological polar surface area (TPSA) is 99.2 Å². The second kappa shape index (κ2) is 5.25. The van der Waals surface area contributed by atoms with E-state index in [1.807, 2.05) is 7.05 Å². The van der Waals surface area contributed by atoms with Crippen molar-refractivity contribution in [1.29, 1.82) is 0 Å². The van der Waals surface area contributed by atoms with E-state index in [9.17, 15) is 0 Å². The van der Waals surface area contributed by atoms with Crippen molar-refractivity contribution in [2.45, 2.75) is 10.3 Å². The van der Waals surface area contributed by atoms with Gasteiger partial charge in [-0.25, -0.2) is 4.68 Å². The molecule has 0 spiro atoms. The summed E-state index contributed by atoms with van der Waals surface area (Å²) >= 11 is 1.31. The lowest BCUT2D eigenvalue weighted by Gasteiger charge is -2.05. The Morgan fingerprint density at radius 1 is 1.25 bits per heavy atom. The minimum absolute atomic E-state index is 0.444. The maximum atomic E-state index is 4.36. The Bertz CT molecular complexity index is 705. The third-order valence-corrected chi connectivity index (χ3v) is 3.31. The molecule has 3 rings (SSSR count). The van der Waals surface area contributed by atoms with Gasteiger partial charge in [0.15, 0.2) is 5.16 Å². The summed E-state index contributed by atoms with van der Waals surface area (Å²) in [6.45, 7) is 0. The van der Waals surface area contributed by atoms with Gasteiger partial charge < -0.3 is 9.88 Å². The molecule has 3 aromatic rings. The molecule has 0 atom stereocenters. The number of rotatable bonds is 4. The molecule has 0 aliphatic rings. The van der Waals surface area contributed by atoms with Gasteiger partial charge in [0.05, 0.1) is 0 Å². The molecule has 102 valence electrons. The van der Waals surface area contributed by atoms with Gasteiger partial charge in [0, 0.05) is 26.5 Å². The highest BCUT2D eigenvalue weighted by Gasteiger charge is 2.11. The van der Waals surface area contributed by atoms with E-state index in [0.717, 1.165) is 0 Å². The highest BCUT2D eigenvalue weighted by atomic mass is 32.2. The van der Waals surface area contributed by atoms with Gasteiger partial charge in [-0.1, -0.05) is 0 Å². The van der Waals surface area contributed by atoms with Crippen LogP contribution < -0.4 is 5.32 Å². The van der Waals surface area contributed by atoms with E-state index in [-0.39, 0.29) is 0 Å². The second-order valence-electron chi connectivity index (χ2n) is 3.77. The van der Waals surface area contributed by atoms with Crippen LogP contribution in [0.2, 0.25) is 0 Å². The van der Waals surface area contributed by atoms with Crippen LogP contribution in [0, 0.1) is 0 Å². The fourth-order valence-corrected chi connectivity index (χ4v) is 2.14. The predicted molar refractivity (Wildman–Crippen MR) is 71.6 cm³/mol. The standard InChI is InChI=1S/C10H11N9S/c1-11-7-14-8(19-5-3-4-13-19)16-9(15-7)20-10-17-12-6-18(10)2/h3-6H,1-2H3,(H,11,14,15,16). The number of hydrogen-bond donors (Lipinski definition) is 1. The molecule has 0 fully saturated rings. The van der Waals surface area contributed by atoms with Crippen molar-refractivity contribution in [3.8, 4) is 5.95 Å². The van der Waals surface area contributed by atoms with Gasteiger partial charge in [0.2, 0.25) is 11.1 Å². The Hall–Kier alpha value is -2.49. The van der Waals surface area contributed by atoms with E-state index >= 15 is 0 Å². The normalized spacial score (nSPS) is 10.7. The first-order valence-electron chi connectivity index (χ1n) is 5.72. The van der Waals surface area contributed by atoms with Crippen LogP contribution in [-0.4, -0.2) is 46.5 Å². The fraction of sp³-hybridized carbons (Fsp3) is 0.200. The number of aryl methyl sites for hydroxylation is 1. The largest absolute Gasteiger partial charge is 0.357 e. The van der Waals surface area contributed by atoms with E-state index in [1.54, 1.807) is 41.1 Å². The number of anilines is 1. The molecule has 9 nitrogen and oxygen atoms in total. The number of nitrogens with one attached hydrogen (secondary N) is 1. The van der Waals surface area contributed by atoms with Crippen LogP contribution in [-0.2, 0) is 7.05 Å². The number of hydrogen-bond acceptors (Lipinski definition) is 8. The Morgan fingerprint density at radius 3 is 2.80 bits per heavy atom. The molecule has 1 N–H and O–H groups in total. The lowest BCUT2D eigenvalue weighted by molar-refractivity contribution is 0.752. The molecule has 3 aromatic heterocycles. The van der Waals surface area contributed by atoms with Crippen LogP contribution in [0.25, 0.3) is 5.95 Å². The summed E-state index contributed by atoms with van der Waals surface area (Å²) in [4.78, 5) is 12.9. The minimum atomic E-state index is 0.444. The van der Waals surface area contributed by atoms with E-state index in [2.05, 4.69) is 35.6 Å². The Morgan fingerprint density at radius 2 is 2.15 bits per heavy atom. The third kappa shape index (κ3) is 2.45. The first-order valence-corrected chi connectivity index (χ1v) is 6.53. The lowest BCUT2D eigenvalue weighted by atomic mass is 10.7. The molecular formula is C10H11N9S. The van der Waals surface area contributed by atoms with Crippen molar-refractivity contribution >= 4 is 17.7 Å². The Kier molecular flexibility index (Phi) is 3.29. The number of aromatic nitrogens is 8. The summed E-state index contributed by atoms with van der Waals surface area (Å²) in [6, 6.07) is 1.80. The van der Waals surface area contributed by atoms with Crippen molar-refractivity contribution in [1.82, 2.24) is 39.5 Å². The summed E-state index contributed by atoms with van der Waals surface area (Å²) in [5.74, 6) is 0.911. The van der Waals surface area contributed by atoms with Crippen molar-refractivity contribution in [2.75, 3.05) is 12.4 Å². The predicted octanol–water partition coefficient (Wildman–Crippen LogP) is 0.379. The quantitative estimate of drug-likeness (QED) is 0.736. The first kappa shape index (κ1) is 12.5. The Balaban J connectivity index is 1.98. The van der Waals surface area contributed by atoms with Gasteiger partial charge in [-0.3, -0.25) is 0 Å². The van der Waals surface area contributed by atoms with Crippen molar-refractivity contribution in [3.63, 3.8) is 0 Å². The minimum Gasteiger partial charge on any atom is -0.357 e. The van der Waals surface area contributed by atoms with Gasteiger partial charge in [-0.2, -0.15) is 20.1 Å². The van der Waals surface area contributed by atoms with Crippen LogP contribution in [0.15, 0.2) is 35.1 Å². The van der Waals surface area contributed by atoms with Crippen molar-refractivity contribution in [2.24, 2.45) is 7.05 Å². The highest BCUT2D eigenvalue weighted by molar-refractivity contribution is 7.99. The zero-order valence-corrected chi connectivity index (χ0v) is 11.6. The maximum absolute atomic E-state index is 4.36. The molecule has 0 amide bonds. The molecule has 0 radical (unpaired) electrons. The highest BCUT2D eigenvalue weighted by Crippen LogP contribution is 2.22. The van der Waals surface area contributed by atoms with Crippen molar-refractivity contribution in [3.05, 3.63) is 24.8 Å². The molecule has 0 saturated heterocycles. The van der Waals surface area contributed by atoms with Gasteiger partial charge in [0.25, 0.3) is 5.95 Å². The second-order valence-corrected chi connectivity index (χ2v) is 4.70. The lowest BCUT2D eigenvalue weighted by Crippen LogP contribution is -2.08. The monoisotopic (exact) mass is 289 g/mol. The third-order valence-electron chi connectivity index (χ3n) is 2.39. The van der Waals surface area contributed by atoms with Crippen molar-refractivity contribution < 1.29 is 0 Å². The summed E-state index contributed by atoms with van der Waals surface area (Å²) in [5, 5.41) is 16.0. The van der Waals surface area contributed by atoms with E-state index in [1.165, 1.54) is 11.8 Å². The molecule has 0 bridgehead atoms. The smallest absolute Gasteiger partial charge is 0.256 e. The van der Waals surface area contributed by atoms with E-state index in [4.69, 9.17) is 0 Å². The van der Waals surface area contributed by atoms with Crippen LogP contribution in [0.4, 0.5) is 5.95 Å². The van der Waals surface area contributed by atoms with E-state index in [0.29, 0.717) is 22.2 Å². The molecule has 10 heteroatoms. The van der Waals surface area contributed by atoms with Crippen LogP contribution in [0.1, 0.15) is 0 Å². The first-order chi connectivity index (χ1) is 9.76. The van der Waals surface area contributed by atoms with Crippen LogP contribution in [0.5, 0.6) is 0 Å². The molecule has 0 unspecified atom stereocenters. The van der Waals surface area contributed by atoms with E-state index < -0.39 is 0 Å². The molecule has 0 aliphatic heterocycles. The Labute approximate surface area is 118 Å². The van der Waals surface area contributed by atoms with Crippen LogP contribution >= 0.6 is 11.8 Å². The SMILES string of the molecule is CNc1nc(Sc2nncn2C)nc(-n2cccn2)n1. The maximum Gasteiger partial charge on any atom is 0.256 e. The fourth-order valence-electron chi connectivity index (χ4n) is 1.44. The average molecular weight is 289 g/mol. The van der Waals surface area contributed by atoms with Gasteiger partial charge in [0.1, 0.15) is 6.33 Å². The zero-order chi connectivity index (χ0) is 13.9. The molecule has 3 heterocycles. The molecule has 0 saturated carbocycles. The number of nitrogens with zero attached hydrogens (tertiary/aromatic N) is 8.